The maximum absolute atomic E-state index is 11.9. The lowest BCUT2D eigenvalue weighted by atomic mass is 9.96. The van der Waals surface area contributed by atoms with Gasteiger partial charge in [0.1, 0.15) is 18.0 Å². The van der Waals surface area contributed by atoms with Gasteiger partial charge in [-0.15, -0.1) is 0 Å². The monoisotopic (exact) mass is 300 g/mol. The Morgan fingerprint density at radius 2 is 2.14 bits per heavy atom. The maximum atomic E-state index is 11.9. The van der Waals surface area contributed by atoms with Crippen LogP contribution in [-0.4, -0.2) is 40.5 Å². The molecule has 1 fully saturated rings. The summed E-state index contributed by atoms with van der Waals surface area (Å²) in [5.74, 6) is 1.57. The van der Waals surface area contributed by atoms with Crippen molar-refractivity contribution in [3.05, 3.63) is 18.5 Å². The fraction of sp³-hybridized carbons (Fsp3) is 0.467. The summed E-state index contributed by atoms with van der Waals surface area (Å²) in [6.07, 6.45) is 3.18. The minimum Gasteiger partial charge on any atom is -0.384 e. The standard InChI is InChI=1S/C15H20N6O/c1-2-17-15(22)10-5-7-21(8-6-10)14-11-3-4-12(16)20-13(11)18-9-19-14/h3-4,9-10H,2,5-8H2,1H3,(H,17,22)(H2,16,18,19,20). The minimum atomic E-state index is 0.0954. The molecule has 7 heteroatoms. The number of nitrogens with zero attached hydrogens (tertiary/aromatic N) is 4. The van der Waals surface area contributed by atoms with Crippen LogP contribution in [0.5, 0.6) is 0 Å². The molecule has 0 bridgehead atoms. The molecule has 1 aliphatic heterocycles. The van der Waals surface area contributed by atoms with Crippen molar-refractivity contribution in [2.24, 2.45) is 5.92 Å². The third-order valence-corrected chi connectivity index (χ3v) is 4.01. The van der Waals surface area contributed by atoms with Gasteiger partial charge in [0.15, 0.2) is 5.65 Å². The van der Waals surface area contributed by atoms with Crippen molar-refractivity contribution < 1.29 is 4.79 Å². The molecular weight excluding hydrogens is 280 g/mol. The molecule has 0 radical (unpaired) electrons. The highest BCUT2D eigenvalue weighted by atomic mass is 16.1. The van der Waals surface area contributed by atoms with E-state index >= 15 is 0 Å². The number of fused-ring (bicyclic) bond motifs is 1. The number of carbonyl (C=O) groups excluding carboxylic acids is 1. The zero-order valence-electron chi connectivity index (χ0n) is 12.6. The van der Waals surface area contributed by atoms with Crippen LogP contribution >= 0.6 is 0 Å². The normalized spacial score (nSPS) is 16.0. The highest BCUT2D eigenvalue weighted by Gasteiger charge is 2.26. The van der Waals surface area contributed by atoms with Crippen LogP contribution in [0, 0.1) is 5.92 Å². The Morgan fingerprint density at radius 3 is 2.86 bits per heavy atom. The number of pyridine rings is 1. The Balaban J connectivity index is 1.78. The first-order valence-corrected chi connectivity index (χ1v) is 7.59. The Hall–Kier alpha value is -2.44. The Morgan fingerprint density at radius 1 is 1.36 bits per heavy atom. The Kier molecular flexibility index (Phi) is 4.04. The smallest absolute Gasteiger partial charge is 0.223 e. The van der Waals surface area contributed by atoms with Crippen LogP contribution in [0.15, 0.2) is 18.5 Å². The van der Waals surface area contributed by atoms with Crippen molar-refractivity contribution in [1.82, 2.24) is 20.3 Å². The van der Waals surface area contributed by atoms with E-state index in [1.54, 1.807) is 6.07 Å². The van der Waals surface area contributed by atoms with Crippen LogP contribution in [0.25, 0.3) is 11.0 Å². The van der Waals surface area contributed by atoms with E-state index in [-0.39, 0.29) is 11.8 Å². The fourth-order valence-corrected chi connectivity index (χ4v) is 2.87. The van der Waals surface area contributed by atoms with Crippen LogP contribution in [0.2, 0.25) is 0 Å². The van der Waals surface area contributed by atoms with Gasteiger partial charge in [-0.1, -0.05) is 0 Å². The lowest BCUT2D eigenvalue weighted by molar-refractivity contribution is -0.125. The van der Waals surface area contributed by atoms with Crippen molar-refractivity contribution in [1.29, 1.82) is 0 Å². The summed E-state index contributed by atoms with van der Waals surface area (Å²) in [5.41, 5.74) is 6.31. The van der Waals surface area contributed by atoms with Gasteiger partial charge in [-0.05, 0) is 31.9 Å². The van der Waals surface area contributed by atoms with Crippen LogP contribution in [-0.2, 0) is 4.79 Å². The molecule has 0 saturated carbocycles. The number of amides is 1. The summed E-state index contributed by atoms with van der Waals surface area (Å²) in [6.45, 7) is 4.23. The van der Waals surface area contributed by atoms with Crippen molar-refractivity contribution >= 4 is 28.6 Å². The van der Waals surface area contributed by atoms with Gasteiger partial charge < -0.3 is 16.0 Å². The lowest BCUT2D eigenvalue weighted by Gasteiger charge is -2.32. The number of hydrogen-bond donors (Lipinski definition) is 2. The van der Waals surface area contributed by atoms with Crippen LogP contribution in [0.3, 0.4) is 0 Å². The number of nitrogen functional groups attached to an aromatic ring is 1. The topological polar surface area (TPSA) is 97.0 Å². The molecule has 7 nitrogen and oxygen atoms in total. The van der Waals surface area contributed by atoms with Crippen molar-refractivity contribution in [3.8, 4) is 0 Å². The zero-order valence-corrected chi connectivity index (χ0v) is 12.6. The first-order chi connectivity index (χ1) is 10.7. The predicted molar refractivity (Wildman–Crippen MR) is 85.4 cm³/mol. The summed E-state index contributed by atoms with van der Waals surface area (Å²) in [5, 5.41) is 3.80. The molecule has 3 heterocycles. The number of nitrogens with two attached hydrogens (primary N) is 1. The molecular formula is C15H20N6O. The van der Waals surface area contributed by atoms with E-state index in [1.807, 2.05) is 13.0 Å². The maximum Gasteiger partial charge on any atom is 0.223 e. The van der Waals surface area contributed by atoms with Gasteiger partial charge in [0.25, 0.3) is 0 Å². The Bertz CT molecular complexity index is 681. The summed E-state index contributed by atoms with van der Waals surface area (Å²) in [7, 11) is 0. The van der Waals surface area contributed by atoms with Crippen molar-refractivity contribution in [2.45, 2.75) is 19.8 Å². The number of piperidine rings is 1. The van der Waals surface area contributed by atoms with Crippen molar-refractivity contribution in [3.63, 3.8) is 0 Å². The number of nitrogens with one attached hydrogen (secondary N) is 1. The predicted octanol–water partition coefficient (Wildman–Crippen LogP) is 0.959. The van der Waals surface area contributed by atoms with Crippen molar-refractivity contribution in [2.75, 3.05) is 30.3 Å². The van der Waals surface area contributed by atoms with Gasteiger partial charge in [0, 0.05) is 25.6 Å². The number of carbonyl (C=O) groups is 1. The number of hydrogen-bond acceptors (Lipinski definition) is 6. The van der Waals surface area contributed by atoms with E-state index in [2.05, 4.69) is 25.2 Å². The first-order valence-electron chi connectivity index (χ1n) is 7.59. The van der Waals surface area contributed by atoms with E-state index in [4.69, 9.17) is 5.73 Å². The molecule has 116 valence electrons. The Labute approximate surface area is 128 Å². The van der Waals surface area contributed by atoms with E-state index < -0.39 is 0 Å². The van der Waals surface area contributed by atoms with Crippen LogP contribution < -0.4 is 16.0 Å². The van der Waals surface area contributed by atoms with Gasteiger partial charge in [0.05, 0.1) is 5.39 Å². The second-order valence-electron chi connectivity index (χ2n) is 5.46. The number of aromatic nitrogens is 3. The van der Waals surface area contributed by atoms with Gasteiger partial charge in [-0.3, -0.25) is 4.79 Å². The molecule has 0 aliphatic carbocycles. The molecule has 2 aromatic rings. The van der Waals surface area contributed by atoms with E-state index in [0.29, 0.717) is 18.0 Å². The molecule has 1 aliphatic rings. The largest absolute Gasteiger partial charge is 0.384 e. The second-order valence-corrected chi connectivity index (χ2v) is 5.46. The molecule has 22 heavy (non-hydrogen) atoms. The quantitative estimate of drug-likeness (QED) is 0.876. The van der Waals surface area contributed by atoms with E-state index in [1.165, 1.54) is 6.33 Å². The molecule has 3 rings (SSSR count). The molecule has 1 saturated heterocycles. The summed E-state index contributed by atoms with van der Waals surface area (Å²) in [6, 6.07) is 3.67. The third kappa shape index (κ3) is 2.79. The molecule has 1 amide bonds. The van der Waals surface area contributed by atoms with Gasteiger partial charge in [-0.2, -0.15) is 0 Å². The molecule has 0 atom stereocenters. The van der Waals surface area contributed by atoms with Gasteiger partial charge in [-0.25, -0.2) is 15.0 Å². The average Bonchev–Trinajstić information content (AvgIpc) is 2.54. The van der Waals surface area contributed by atoms with Crippen LogP contribution in [0.1, 0.15) is 19.8 Å². The van der Waals surface area contributed by atoms with Gasteiger partial charge >= 0.3 is 0 Å². The molecule has 0 aromatic carbocycles. The second kappa shape index (κ2) is 6.13. The number of anilines is 2. The molecule has 0 spiro atoms. The molecule has 0 unspecified atom stereocenters. The molecule has 2 aromatic heterocycles. The fourth-order valence-electron chi connectivity index (χ4n) is 2.87. The highest BCUT2D eigenvalue weighted by molar-refractivity contribution is 5.87. The SMILES string of the molecule is CCNC(=O)C1CCN(c2ncnc3nc(N)ccc23)CC1. The minimum absolute atomic E-state index is 0.0954. The van der Waals surface area contributed by atoms with E-state index in [9.17, 15) is 4.79 Å². The third-order valence-electron chi connectivity index (χ3n) is 4.01. The molecule has 3 N–H and O–H groups in total. The lowest BCUT2D eigenvalue weighted by Crippen LogP contribution is -2.40. The van der Waals surface area contributed by atoms with E-state index in [0.717, 1.165) is 37.1 Å². The summed E-state index contributed by atoms with van der Waals surface area (Å²) < 4.78 is 0. The van der Waals surface area contributed by atoms with Gasteiger partial charge in [0.2, 0.25) is 5.91 Å². The number of rotatable bonds is 3. The first kappa shape index (κ1) is 14.5. The average molecular weight is 300 g/mol. The summed E-state index contributed by atoms with van der Waals surface area (Å²) in [4.78, 5) is 26.9. The van der Waals surface area contributed by atoms with Crippen LogP contribution in [0.4, 0.5) is 11.6 Å². The highest BCUT2D eigenvalue weighted by Crippen LogP contribution is 2.27. The summed E-state index contributed by atoms with van der Waals surface area (Å²) >= 11 is 0. The zero-order chi connectivity index (χ0) is 15.5.